The number of aryl methyl sites for hydroxylation is 2. The van der Waals surface area contributed by atoms with Crippen LogP contribution in [0.1, 0.15) is 45.6 Å². The third-order valence-corrected chi connectivity index (χ3v) is 4.18. The molecule has 0 unspecified atom stereocenters. The normalized spacial score (nSPS) is 11.4. The third kappa shape index (κ3) is 5.34. The molecule has 1 aromatic carbocycles. The van der Waals surface area contributed by atoms with Gasteiger partial charge in [-0.05, 0) is 51.5 Å². The maximum Gasteiger partial charge on any atom is 0.253 e. The zero-order chi connectivity index (χ0) is 18.4. The number of hydrogen-bond acceptors (Lipinski definition) is 4. The van der Waals surface area contributed by atoms with Crippen LogP contribution in [0.2, 0.25) is 0 Å². The molecule has 136 valence electrons. The van der Waals surface area contributed by atoms with Crippen LogP contribution in [-0.4, -0.2) is 21.8 Å². The number of hydrogen-bond donors (Lipinski definition) is 0. The Morgan fingerprint density at radius 1 is 1.12 bits per heavy atom. The fraction of sp³-hybridized carbons (Fsp3) is 0.500. The molecule has 5 heteroatoms. The summed E-state index contributed by atoms with van der Waals surface area (Å²) in [4.78, 5) is 16.5. The molecule has 1 aromatic heterocycles. The van der Waals surface area contributed by atoms with Crippen LogP contribution in [0.4, 0.5) is 0 Å². The van der Waals surface area contributed by atoms with Gasteiger partial charge in [-0.15, -0.1) is 0 Å². The van der Waals surface area contributed by atoms with Crippen molar-refractivity contribution in [1.82, 2.24) is 9.55 Å². The Morgan fingerprint density at radius 3 is 2.36 bits per heavy atom. The SMILES string of the molecule is CCc1nc(C)cc(=O)n1CCOc1ccc(OC(C)(C)CC)cc1. The van der Waals surface area contributed by atoms with Gasteiger partial charge in [-0.3, -0.25) is 9.36 Å². The van der Waals surface area contributed by atoms with Gasteiger partial charge in [0.05, 0.1) is 6.54 Å². The van der Waals surface area contributed by atoms with Crippen molar-refractivity contribution in [1.29, 1.82) is 0 Å². The zero-order valence-electron chi connectivity index (χ0n) is 15.8. The lowest BCUT2D eigenvalue weighted by molar-refractivity contribution is 0.105. The van der Waals surface area contributed by atoms with Crippen LogP contribution in [0.5, 0.6) is 11.5 Å². The number of ether oxygens (including phenoxy) is 2. The summed E-state index contributed by atoms with van der Waals surface area (Å²) in [7, 11) is 0. The summed E-state index contributed by atoms with van der Waals surface area (Å²) in [5.74, 6) is 2.37. The fourth-order valence-electron chi connectivity index (χ4n) is 2.44. The standard InChI is InChI=1S/C20H28N2O3/c1-6-18-21-15(3)14-19(23)22(18)12-13-24-16-8-10-17(11-9-16)25-20(4,5)7-2/h8-11,14H,6-7,12-13H2,1-5H3. The molecule has 0 amide bonds. The average Bonchev–Trinajstić information content (AvgIpc) is 2.57. The lowest BCUT2D eigenvalue weighted by atomic mass is 10.1. The van der Waals surface area contributed by atoms with E-state index < -0.39 is 0 Å². The lowest BCUT2D eigenvalue weighted by Gasteiger charge is -2.24. The molecule has 2 rings (SSSR count). The van der Waals surface area contributed by atoms with Crippen molar-refractivity contribution in [3.8, 4) is 11.5 Å². The second kappa shape index (κ2) is 8.19. The second-order valence-electron chi connectivity index (χ2n) is 6.69. The predicted molar refractivity (Wildman–Crippen MR) is 99.5 cm³/mol. The van der Waals surface area contributed by atoms with Gasteiger partial charge in [-0.25, -0.2) is 4.98 Å². The number of nitrogens with zero attached hydrogens (tertiary/aromatic N) is 2. The molecule has 0 N–H and O–H groups in total. The van der Waals surface area contributed by atoms with Crippen LogP contribution in [0.15, 0.2) is 35.1 Å². The smallest absolute Gasteiger partial charge is 0.253 e. The van der Waals surface area contributed by atoms with Crippen LogP contribution in [0.3, 0.4) is 0 Å². The van der Waals surface area contributed by atoms with Gasteiger partial charge in [0, 0.05) is 18.2 Å². The maximum atomic E-state index is 12.1. The molecule has 5 nitrogen and oxygen atoms in total. The topological polar surface area (TPSA) is 53.4 Å². The minimum Gasteiger partial charge on any atom is -0.492 e. The average molecular weight is 344 g/mol. The van der Waals surface area contributed by atoms with E-state index in [-0.39, 0.29) is 11.2 Å². The van der Waals surface area contributed by atoms with Crippen molar-refractivity contribution in [2.45, 2.75) is 59.6 Å². The van der Waals surface area contributed by atoms with E-state index in [9.17, 15) is 4.79 Å². The van der Waals surface area contributed by atoms with Crippen molar-refractivity contribution in [3.05, 3.63) is 52.2 Å². The van der Waals surface area contributed by atoms with Crippen LogP contribution in [0, 0.1) is 6.92 Å². The molecular formula is C20H28N2O3. The molecule has 0 saturated carbocycles. The van der Waals surface area contributed by atoms with Crippen molar-refractivity contribution in [2.75, 3.05) is 6.61 Å². The van der Waals surface area contributed by atoms with E-state index in [1.807, 2.05) is 38.1 Å². The molecule has 0 aliphatic heterocycles. The molecule has 25 heavy (non-hydrogen) atoms. The van der Waals surface area contributed by atoms with E-state index in [4.69, 9.17) is 9.47 Å². The number of rotatable bonds is 8. The van der Waals surface area contributed by atoms with Gasteiger partial charge in [-0.1, -0.05) is 13.8 Å². The molecule has 0 spiro atoms. The first-order chi connectivity index (χ1) is 11.8. The first kappa shape index (κ1) is 19.0. The van der Waals surface area contributed by atoms with Gasteiger partial charge in [0.2, 0.25) is 0 Å². The van der Waals surface area contributed by atoms with Crippen molar-refractivity contribution in [2.24, 2.45) is 0 Å². The first-order valence-electron chi connectivity index (χ1n) is 8.84. The van der Waals surface area contributed by atoms with Gasteiger partial charge < -0.3 is 9.47 Å². The van der Waals surface area contributed by atoms with Gasteiger partial charge in [-0.2, -0.15) is 0 Å². The Morgan fingerprint density at radius 2 is 1.76 bits per heavy atom. The van der Waals surface area contributed by atoms with Crippen LogP contribution >= 0.6 is 0 Å². The first-order valence-corrected chi connectivity index (χ1v) is 8.84. The number of aromatic nitrogens is 2. The summed E-state index contributed by atoms with van der Waals surface area (Å²) in [6, 6.07) is 9.14. The van der Waals surface area contributed by atoms with Gasteiger partial charge in [0.25, 0.3) is 5.56 Å². The second-order valence-corrected chi connectivity index (χ2v) is 6.69. The minimum atomic E-state index is -0.182. The molecular weight excluding hydrogens is 316 g/mol. The van der Waals surface area contributed by atoms with E-state index in [1.165, 1.54) is 0 Å². The Balaban J connectivity index is 1.96. The van der Waals surface area contributed by atoms with Gasteiger partial charge in [0.1, 0.15) is 29.5 Å². The predicted octanol–water partition coefficient (Wildman–Crippen LogP) is 3.76. The van der Waals surface area contributed by atoms with Crippen molar-refractivity contribution in [3.63, 3.8) is 0 Å². The summed E-state index contributed by atoms with van der Waals surface area (Å²) in [6.45, 7) is 11.0. The van der Waals surface area contributed by atoms with Crippen LogP contribution < -0.4 is 15.0 Å². The quantitative estimate of drug-likeness (QED) is 0.732. The molecule has 0 aliphatic carbocycles. The molecule has 0 saturated heterocycles. The molecule has 0 atom stereocenters. The molecule has 0 bridgehead atoms. The van der Waals surface area contributed by atoms with Crippen molar-refractivity contribution >= 4 is 0 Å². The monoisotopic (exact) mass is 344 g/mol. The summed E-state index contributed by atoms with van der Waals surface area (Å²) in [5, 5.41) is 0. The highest BCUT2D eigenvalue weighted by Crippen LogP contribution is 2.23. The van der Waals surface area contributed by atoms with E-state index in [1.54, 1.807) is 10.6 Å². The van der Waals surface area contributed by atoms with E-state index in [2.05, 4.69) is 25.8 Å². The number of benzene rings is 1. The highest BCUT2D eigenvalue weighted by molar-refractivity contribution is 5.31. The molecule has 0 fully saturated rings. The third-order valence-electron chi connectivity index (χ3n) is 4.18. The molecule has 0 aliphatic rings. The highest BCUT2D eigenvalue weighted by Gasteiger charge is 2.16. The fourth-order valence-corrected chi connectivity index (χ4v) is 2.44. The molecule has 2 aromatic rings. The Hall–Kier alpha value is -2.30. The lowest BCUT2D eigenvalue weighted by Crippen LogP contribution is -2.27. The Kier molecular flexibility index (Phi) is 6.23. The largest absolute Gasteiger partial charge is 0.492 e. The van der Waals surface area contributed by atoms with Crippen LogP contribution in [-0.2, 0) is 13.0 Å². The van der Waals surface area contributed by atoms with E-state index in [0.717, 1.165) is 35.9 Å². The van der Waals surface area contributed by atoms with E-state index >= 15 is 0 Å². The minimum absolute atomic E-state index is 0.0292. The van der Waals surface area contributed by atoms with Gasteiger partial charge >= 0.3 is 0 Å². The maximum absolute atomic E-state index is 12.1. The molecule has 1 heterocycles. The zero-order valence-corrected chi connectivity index (χ0v) is 15.8. The summed E-state index contributed by atoms with van der Waals surface area (Å²) < 4.78 is 13.4. The summed E-state index contributed by atoms with van der Waals surface area (Å²) in [5.41, 5.74) is 0.543. The summed E-state index contributed by atoms with van der Waals surface area (Å²) in [6.07, 6.45) is 1.65. The van der Waals surface area contributed by atoms with E-state index in [0.29, 0.717) is 13.2 Å². The van der Waals surface area contributed by atoms with Crippen LogP contribution in [0.25, 0.3) is 0 Å². The summed E-state index contributed by atoms with van der Waals surface area (Å²) >= 11 is 0. The Labute approximate surface area is 149 Å². The highest BCUT2D eigenvalue weighted by atomic mass is 16.5. The Bertz CT molecular complexity index is 749. The molecule has 0 radical (unpaired) electrons. The van der Waals surface area contributed by atoms with Gasteiger partial charge in [0.15, 0.2) is 0 Å². The van der Waals surface area contributed by atoms with Crippen molar-refractivity contribution < 1.29 is 9.47 Å².